The van der Waals surface area contributed by atoms with Crippen molar-refractivity contribution in [2.75, 3.05) is 0 Å². The molecule has 2 unspecified atom stereocenters. The van der Waals surface area contributed by atoms with Gasteiger partial charge in [-0.3, -0.25) is 4.98 Å². The standard InChI is InChI=1S/C12H17N/c1-3-9-7-10-5-6-13-8-12(10)11(9)4-2/h5-6,8-9,11H,3-4,7H2,1-2H3. The molecular formula is C12H17N. The Hall–Kier alpha value is -0.850. The first kappa shape index (κ1) is 8.74. The van der Waals surface area contributed by atoms with Crippen LogP contribution in [0, 0.1) is 5.92 Å². The maximum absolute atomic E-state index is 4.22. The van der Waals surface area contributed by atoms with Crippen LogP contribution in [0.4, 0.5) is 0 Å². The first-order chi connectivity index (χ1) is 6.36. The molecule has 1 aliphatic carbocycles. The molecule has 1 aromatic rings. The second kappa shape index (κ2) is 3.49. The molecule has 1 aromatic heterocycles. The summed E-state index contributed by atoms with van der Waals surface area (Å²) in [7, 11) is 0. The fourth-order valence-electron chi connectivity index (χ4n) is 2.62. The van der Waals surface area contributed by atoms with Crippen molar-refractivity contribution in [2.45, 2.75) is 39.0 Å². The highest BCUT2D eigenvalue weighted by molar-refractivity contribution is 5.33. The van der Waals surface area contributed by atoms with Gasteiger partial charge in [-0.05, 0) is 41.9 Å². The number of aromatic nitrogens is 1. The van der Waals surface area contributed by atoms with Gasteiger partial charge in [0.15, 0.2) is 0 Å². The van der Waals surface area contributed by atoms with Gasteiger partial charge in [0.25, 0.3) is 0 Å². The summed E-state index contributed by atoms with van der Waals surface area (Å²) < 4.78 is 0. The Kier molecular flexibility index (Phi) is 2.34. The van der Waals surface area contributed by atoms with Gasteiger partial charge in [-0.1, -0.05) is 20.3 Å². The topological polar surface area (TPSA) is 12.9 Å². The van der Waals surface area contributed by atoms with Gasteiger partial charge in [0, 0.05) is 12.4 Å². The zero-order valence-corrected chi connectivity index (χ0v) is 8.46. The van der Waals surface area contributed by atoms with E-state index in [-0.39, 0.29) is 0 Å². The van der Waals surface area contributed by atoms with Crippen LogP contribution in [0.3, 0.4) is 0 Å². The molecule has 0 amide bonds. The number of fused-ring (bicyclic) bond motifs is 1. The Morgan fingerprint density at radius 3 is 2.92 bits per heavy atom. The van der Waals surface area contributed by atoms with Gasteiger partial charge < -0.3 is 0 Å². The lowest BCUT2D eigenvalue weighted by Crippen LogP contribution is -2.05. The minimum atomic E-state index is 0.772. The number of hydrogen-bond acceptors (Lipinski definition) is 1. The maximum atomic E-state index is 4.22. The maximum Gasteiger partial charge on any atom is 0.0305 e. The quantitative estimate of drug-likeness (QED) is 0.672. The van der Waals surface area contributed by atoms with Crippen molar-refractivity contribution >= 4 is 0 Å². The van der Waals surface area contributed by atoms with Gasteiger partial charge in [-0.2, -0.15) is 0 Å². The minimum Gasteiger partial charge on any atom is -0.264 e. The average Bonchev–Trinajstić information content (AvgIpc) is 2.55. The van der Waals surface area contributed by atoms with E-state index in [1.165, 1.54) is 30.4 Å². The number of nitrogens with zero attached hydrogens (tertiary/aromatic N) is 1. The highest BCUT2D eigenvalue weighted by atomic mass is 14.6. The van der Waals surface area contributed by atoms with Crippen molar-refractivity contribution in [1.29, 1.82) is 0 Å². The van der Waals surface area contributed by atoms with Crippen LogP contribution in [-0.4, -0.2) is 4.98 Å². The molecule has 1 nitrogen and oxygen atoms in total. The minimum absolute atomic E-state index is 0.772. The molecule has 1 heteroatoms. The van der Waals surface area contributed by atoms with Crippen LogP contribution >= 0.6 is 0 Å². The molecule has 2 atom stereocenters. The third-order valence-corrected chi connectivity index (χ3v) is 3.36. The molecule has 0 N–H and O–H groups in total. The van der Waals surface area contributed by atoms with E-state index in [4.69, 9.17) is 0 Å². The first-order valence-corrected chi connectivity index (χ1v) is 5.29. The third kappa shape index (κ3) is 1.37. The van der Waals surface area contributed by atoms with Crippen LogP contribution in [0.5, 0.6) is 0 Å². The molecule has 0 saturated heterocycles. The van der Waals surface area contributed by atoms with Gasteiger partial charge in [-0.25, -0.2) is 0 Å². The van der Waals surface area contributed by atoms with Gasteiger partial charge in [0.1, 0.15) is 0 Å². The molecule has 1 heterocycles. The monoisotopic (exact) mass is 175 g/mol. The predicted molar refractivity (Wildman–Crippen MR) is 54.8 cm³/mol. The summed E-state index contributed by atoms with van der Waals surface area (Å²) in [6.07, 6.45) is 7.82. The zero-order valence-electron chi connectivity index (χ0n) is 8.46. The SMILES string of the molecule is CCC1Cc2ccncc2C1CC. The molecule has 0 radical (unpaired) electrons. The zero-order chi connectivity index (χ0) is 9.26. The van der Waals surface area contributed by atoms with Crippen LogP contribution in [0.1, 0.15) is 43.7 Å². The second-order valence-corrected chi connectivity index (χ2v) is 3.96. The first-order valence-electron chi connectivity index (χ1n) is 5.29. The number of rotatable bonds is 2. The van der Waals surface area contributed by atoms with E-state index in [1.54, 1.807) is 0 Å². The summed E-state index contributed by atoms with van der Waals surface area (Å²) in [5.74, 6) is 1.64. The lowest BCUT2D eigenvalue weighted by atomic mass is 9.89. The van der Waals surface area contributed by atoms with E-state index in [9.17, 15) is 0 Å². The largest absolute Gasteiger partial charge is 0.264 e. The molecule has 0 saturated carbocycles. The Bertz CT molecular complexity index is 293. The van der Waals surface area contributed by atoms with Gasteiger partial charge >= 0.3 is 0 Å². The van der Waals surface area contributed by atoms with E-state index < -0.39 is 0 Å². The third-order valence-electron chi connectivity index (χ3n) is 3.36. The molecule has 0 aliphatic heterocycles. The van der Waals surface area contributed by atoms with E-state index in [0.717, 1.165) is 11.8 Å². The highest BCUT2D eigenvalue weighted by Gasteiger charge is 2.29. The van der Waals surface area contributed by atoms with Gasteiger partial charge in [0.2, 0.25) is 0 Å². The molecule has 1 aliphatic rings. The molecule has 13 heavy (non-hydrogen) atoms. The fourth-order valence-corrected chi connectivity index (χ4v) is 2.62. The van der Waals surface area contributed by atoms with Crippen molar-refractivity contribution in [2.24, 2.45) is 5.92 Å². The smallest absolute Gasteiger partial charge is 0.0305 e. The molecular weight excluding hydrogens is 158 g/mol. The van der Waals surface area contributed by atoms with Crippen LogP contribution in [0.25, 0.3) is 0 Å². The van der Waals surface area contributed by atoms with Crippen molar-refractivity contribution < 1.29 is 0 Å². The Morgan fingerprint density at radius 1 is 1.38 bits per heavy atom. The van der Waals surface area contributed by atoms with Crippen molar-refractivity contribution in [3.8, 4) is 0 Å². The second-order valence-electron chi connectivity index (χ2n) is 3.96. The lowest BCUT2D eigenvalue weighted by molar-refractivity contribution is 0.433. The summed E-state index contributed by atoms with van der Waals surface area (Å²) in [5.41, 5.74) is 3.05. The summed E-state index contributed by atoms with van der Waals surface area (Å²) >= 11 is 0. The van der Waals surface area contributed by atoms with E-state index in [2.05, 4.69) is 31.1 Å². The highest BCUT2D eigenvalue weighted by Crippen LogP contribution is 2.40. The van der Waals surface area contributed by atoms with Crippen molar-refractivity contribution in [1.82, 2.24) is 4.98 Å². The Balaban J connectivity index is 2.34. The Morgan fingerprint density at radius 2 is 2.23 bits per heavy atom. The molecule has 0 aromatic carbocycles. The van der Waals surface area contributed by atoms with E-state index in [0.29, 0.717) is 0 Å². The van der Waals surface area contributed by atoms with Gasteiger partial charge in [-0.15, -0.1) is 0 Å². The van der Waals surface area contributed by atoms with E-state index in [1.807, 2.05) is 6.20 Å². The molecule has 0 bridgehead atoms. The van der Waals surface area contributed by atoms with Crippen molar-refractivity contribution in [3.05, 3.63) is 29.6 Å². The van der Waals surface area contributed by atoms with Crippen LogP contribution in [0.2, 0.25) is 0 Å². The summed E-state index contributed by atoms with van der Waals surface area (Å²) in [6, 6.07) is 2.19. The van der Waals surface area contributed by atoms with Crippen LogP contribution in [0.15, 0.2) is 18.5 Å². The van der Waals surface area contributed by atoms with Crippen molar-refractivity contribution in [3.63, 3.8) is 0 Å². The predicted octanol–water partition coefficient (Wildman–Crippen LogP) is 3.16. The molecule has 70 valence electrons. The Labute approximate surface area is 80.2 Å². The van der Waals surface area contributed by atoms with Crippen LogP contribution < -0.4 is 0 Å². The molecule has 2 rings (SSSR count). The summed E-state index contributed by atoms with van der Waals surface area (Å²) in [5, 5.41) is 0. The van der Waals surface area contributed by atoms with Crippen LogP contribution in [-0.2, 0) is 6.42 Å². The number of hydrogen-bond donors (Lipinski definition) is 0. The fraction of sp³-hybridized carbons (Fsp3) is 0.583. The number of pyridine rings is 1. The molecule has 0 fully saturated rings. The summed E-state index contributed by atoms with van der Waals surface area (Å²) in [6.45, 7) is 4.59. The summed E-state index contributed by atoms with van der Waals surface area (Å²) in [4.78, 5) is 4.22. The lowest BCUT2D eigenvalue weighted by Gasteiger charge is -2.16. The van der Waals surface area contributed by atoms with E-state index >= 15 is 0 Å². The normalized spacial score (nSPS) is 26.0. The average molecular weight is 175 g/mol. The van der Waals surface area contributed by atoms with Gasteiger partial charge in [0.05, 0.1) is 0 Å². The molecule has 0 spiro atoms.